The van der Waals surface area contributed by atoms with E-state index in [4.69, 9.17) is 5.53 Å². The molecule has 8 nitrogen and oxygen atoms in total. The number of rotatable bonds is 3. The Labute approximate surface area is 136 Å². The van der Waals surface area contributed by atoms with Crippen LogP contribution >= 0.6 is 0 Å². The average molecular weight is 314 g/mol. The molecule has 0 saturated heterocycles. The molecule has 0 radical (unpaired) electrons. The molecule has 0 saturated carbocycles. The van der Waals surface area contributed by atoms with Crippen LogP contribution in [0.2, 0.25) is 0 Å². The third-order valence-electron chi connectivity index (χ3n) is 3.50. The van der Waals surface area contributed by atoms with Gasteiger partial charge in [-0.25, -0.2) is 0 Å². The maximum atomic E-state index is 8.57. The van der Waals surface area contributed by atoms with E-state index in [0.29, 0.717) is 17.2 Å². The molecule has 0 aliphatic heterocycles. The topological polar surface area (TPSA) is 105 Å². The molecule has 3 heterocycles. The lowest BCUT2D eigenvalue weighted by Gasteiger charge is -2.04. The largest absolute Gasteiger partial charge is 0.265 e. The number of pyridine rings is 1. The fraction of sp³-hybridized carbons (Fsp3) is 0. The Hall–Kier alpha value is -3.77. The quantitative estimate of drug-likeness (QED) is 0.326. The highest BCUT2D eigenvalue weighted by molar-refractivity contribution is 5.65. The summed E-state index contributed by atoms with van der Waals surface area (Å²) in [7, 11) is 0. The Balaban J connectivity index is 1.86. The Morgan fingerprint density at radius 3 is 2.67 bits per heavy atom. The van der Waals surface area contributed by atoms with Crippen molar-refractivity contribution in [3.05, 3.63) is 71.4 Å². The van der Waals surface area contributed by atoms with Crippen LogP contribution in [0.25, 0.3) is 38.7 Å². The molecule has 0 unspecified atom stereocenters. The van der Waals surface area contributed by atoms with E-state index in [1.807, 2.05) is 36.4 Å². The third kappa shape index (κ3) is 2.43. The molecule has 0 atom stereocenters. The first-order valence-corrected chi connectivity index (χ1v) is 7.13. The van der Waals surface area contributed by atoms with Crippen molar-refractivity contribution < 1.29 is 0 Å². The van der Waals surface area contributed by atoms with Crippen molar-refractivity contribution in [2.45, 2.75) is 0 Å². The molecule has 8 heteroatoms. The zero-order valence-electron chi connectivity index (χ0n) is 12.4. The van der Waals surface area contributed by atoms with E-state index in [1.165, 1.54) is 0 Å². The maximum Gasteiger partial charge on any atom is 0.185 e. The first-order chi connectivity index (χ1) is 11.8. The van der Waals surface area contributed by atoms with Gasteiger partial charge in [0.05, 0.1) is 5.69 Å². The van der Waals surface area contributed by atoms with Gasteiger partial charge >= 0.3 is 0 Å². The van der Waals surface area contributed by atoms with Crippen molar-refractivity contribution in [2.75, 3.05) is 0 Å². The van der Waals surface area contributed by atoms with Gasteiger partial charge in [-0.05, 0) is 35.9 Å². The summed E-state index contributed by atoms with van der Waals surface area (Å²) in [5.74, 6) is 0.639. The monoisotopic (exact) mass is 314 g/mol. The summed E-state index contributed by atoms with van der Waals surface area (Å²) in [5.41, 5.74) is 12.2. The lowest BCUT2D eigenvalue weighted by Crippen LogP contribution is -1.97. The minimum absolute atomic E-state index is 0.537. The van der Waals surface area contributed by atoms with Crippen LogP contribution < -0.4 is 0 Å². The Morgan fingerprint density at radius 1 is 0.958 bits per heavy atom. The molecule has 24 heavy (non-hydrogen) atoms. The van der Waals surface area contributed by atoms with Gasteiger partial charge in [0.15, 0.2) is 11.5 Å². The minimum Gasteiger partial charge on any atom is -0.265 e. The SMILES string of the molecule is [N-]=[N+]=Nc1cccc(-c2ccc3nnc(-c4ccncc4)n3n2)c1. The van der Waals surface area contributed by atoms with Crippen LogP contribution in [0.4, 0.5) is 5.69 Å². The van der Waals surface area contributed by atoms with E-state index in [0.717, 1.165) is 16.8 Å². The molecule has 1 aromatic carbocycles. The molecule has 0 aliphatic carbocycles. The van der Waals surface area contributed by atoms with Crippen LogP contribution in [0.1, 0.15) is 0 Å². The van der Waals surface area contributed by atoms with Gasteiger partial charge < -0.3 is 0 Å². The number of hydrogen-bond donors (Lipinski definition) is 0. The summed E-state index contributed by atoms with van der Waals surface area (Å²) in [6.45, 7) is 0. The summed E-state index contributed by atoms with van der Waals surface area (Å²) in [5, 5.41) is 16.6. The van der Waals surface area contributed by atoms with Gasteiger partial charge in [-0.1, -0.05) is 23.3 Å². The molecule has 0 bridgehead atoms. The molecule has 0 spiro atoms. The second-order valence-electron chi connectivity index (χ2n) is 4.99. The van der Waals surface area contributed by atoms with Crippen LogP contribution in [-0.4, -0.2) is 24.8 Å². The van der Waals surface area contributed by atoms with Gasteiger partial charge in [-0.2, -0.15) is 9.61 Å². The smallest absolute Gasteiger partial charge is 0.185 e. The molecular formula is C16H10N8. The Bertz CT molecular complexity index is 1060. The number of nitrogens with zero attached hydrogens (tertiary/aromatic N) is 8. The molecule has 0 N–H and O–H groups in total. The predicted molar refractivity (Wildman–Crippen MR) is 88.3 cm³/mol. The highest BCUT2D eigenvalue weighted by Crippen LogP contribution is 2.24. The van der Waals surface area contributed by atoms with Gasteiger partial charge in [0.2, 0.25) is 0 Å². The van der Waals surface area contributed by atoms with E-state index in [9.17, 15) is 0 Å². The van der Waals surface area contributed by atoms with Crippen molar-refractivity contribution >= 4 is 11.3 Å². The standard InChI is InChI=1S/C16H10N8/c17-23-19-13-3-1-2-12(10-13)14-4-5-15-20-21-16(24(15)22-14)11-6-8-18-9-7-11/h1-10H. The summed E-state index contributed by atoms with van der Waals surface area (Å²) in [4.78, 5) is 6.82. The van der Waals surface area contributed by atoms with Crippen LogP contribution in [0.15, 0.2) is 66.0 Å². The first kappa shape index (κ1) is 13.9. The van der Waals surface area contributed by atoms with E-state index < -0.39 is 0 Å². The van der Waals surface area contributed by atoms with Gasteiger partial charge in [-0.15, -0.1) is 10.2 Å². The van der Waals surface area contributed by atoms with Crippen molar-refractivity contribution in [3.63, 3.8) is 0 Å². The highest BCUT2D eigenvalue weighted by Gasteiger charge is 2.10. The summed E-state index contributed by atoms with van der Waals surface area (Å²) in [6.07, 6.45) is 3.40. The number of hydrogen-bond acceptors (Lipinski definition) is 5. The lowest BCUT2D eigenvalue weighted by atomic mass is 10.1. The van der Waals surface area contributed by atoms with E-state index >= 15 is 0 Å². The van der Waals surface area contributed by atoms with Crippen molar-refractivity contribution in [3.8, 4) is 22.6 Å². The molecule has 0 aliphatic rings. The predicted octanol–water partition coefficient (Wildman–Crippen LogP) is 3.80. The highest BCUT2D eigenvalue weighted by atomic mass is 15.4. The second kappa shape index (κ2) is 5.79. The number of aromatic nitrogens is 5. The average Bonchev–Trinajstić information content (AvgIpc) is 3.06. The fourth-order valence-electron chi connectivity index (χ4n) is 2.40. The fourth-order valence-corrected chi connectivity index (χ4v) is 2.40. The zero-order chi connectivity index (χ0) is 16.4. The zero-order valence-corrected chi connectivity index (χ0v) is 12.4. The lowest BCUT2D eigenvalue weighted by molar-refractivity contribution is 0.941. The number of benzene rings is 1. The summed E-state index contributed by atoms with van der Waals surface area (Å²) in [6, 6.07) is 14.7. The third-order valence-corrected chi connectivity index (χ3v) is 3.50. The van der Waals surface area contributed by atoms with Crippen LogP contribution in [0.3, 0.4) is 0 Å². The van der Waals surface area contributed by atoms with Gasteiger partial charge in [0.25, 0.3) is 0 Å². The Morgan fingerprint density at radius 2 is 1.83 bits per heavy atom. The molecule has 4 rings (SSSR count). The van der Waals surface area contributed by atoms with Crippen LogP contribution in [0.5, 0.6) is 0 Å². The van der Waals surface area contributed by atoms with Gasteiger partial charge in [0.1, 0.15) is 0 Å². The maximum absolute atomic E-state index is 8.57. The van der Waals surface area contributed by atoms with Crippen molar-refractivity contribution in [1.29, 1.82) is 0 Å². The van der Waals surface area contributed by atoms with Crippen LogP contribution in [-0.2, 0) is 0 Å². The minimum atomic E-state index is 0.537. The van der Waals surface area contributed by atoms with Crippen molar-refractivity contribution in [2.24, 2.45) is 5.11 Å². The molecule has 4 aromatic rings. The summed E-state index contributed by atoms with van der Waals surface area (Å²) >= 11 is 0. The molecular weight excluding hydrogens is 304 g/mol. The first-order valence-electron chi connectivity index (χ1n) is 7.13. The number of azide groups is 1. The van der Waals surface area contributed by atoms with Gasteiger partial charge in [-0.3, -0.25) is 4.98 Å². The molecule has 3 aromatic heterocycles. The van der Waals surface area contributed by atoms with E-state index in [-0.39, 0.29) is 0 Å². The molecule has 0 amide bonds. The van der Waals surface area contributed by atoms with Gasteiger partial charge in [0, 0.05) is 34.1 Å². The van der Waals surface area contributed by atoms with E-state index in [1.54, 1.807) is 29.0 Å². The summed E-state index contributed by atoms with van der Waals surface area (Å²) < 4.78 is 1.69. The van der Waals surface area contributed by atoms with Crippen molar-refractivity contribution in [1.82, 2.24) is 24.8 Å². The normalized spacial score (nSPS) is 10.5. The Kier molecular flexibility index (Phi) is 3.34. The second-order valence-corrected chi connectivity index (χ2v) is 4.99. The number of fused-ring (bicyclic) bond motifs is 1. The van der Waals surface area contributed by atoms with E-state index in [2.05, 4.69) is 30.3 Å². The molecule has 0 fully saturated rings. The molecule has 114 valence electrons. The van der Waals surface area contributed by atoms with Crippen LogP contribution in [0, 0.1) is 0 Å².